The van der Waals surface area contributed by atoms with E-state index in [9.17, 15) is 4.79 Å². The number of rotatable bonds is 6. The molecule has 1 aliphatic rings. The lowest BCUT2D eigenvalue weighted by Crippen LogP contribution is -2.54. The van der Waals surface area contributed by atoms with Gasteiger partial charge in [0.15, 0.2) is 0 Å². The van der Waals surface area contributed by atoms with Gasteiger partial charge in [-0.05, 0) is 24.9 Å². The lowest BCUT2D eigenvalue weighted by atomic mass is 10.0. The molecule has 1 aromatic carbocycles. The molecular weight excluding hydrogens is 268 g/mol. The second-order valence-electron chi connectivity index (χ2n) is 5.21. The molecule has 0 unspecified atom stereocenters. The van der Waals surface area contributed by atoms with E-state index in [1.807, 2.05) is 30.3 Å². The molecular formula is C16H24N2O3. The zero-order chi connectivity index (χ0) is 14.9. The number of alkyl carbamates (subject to hydrolysis) is 1. The first-order chi connectivity index (χ1) is 10.3. The second kappa shape index (κ2) is 8.64. The molecule has 2 N–H and O–H groups in total. The standard InChI is InChI=1S/C16H24N2O3/c1-2-10-20-15-11-17-9-8-14(15)18-16(19)21-12-13-6-4-3-5-7-13/h3-7,14-15,17H,2,8-12H2,1H3,(H,18,19)/t14-,15+/m1/s1. The Balaban J connectivity index is 1.77. The van der Waals surface area contributed by atoms with Crippen LogP contribution in [0.25, 0.3) is 0 Å². The van der Waals surface area contributed by atoms with Gasteiger partial charge in [0.1, 0.15) is 6.61 Å². The molecule has 1 aromatic rings. The van der Waals surface area contributed by atoms with Crippen molar-refractivity contribution in [3.63, 3.8) is 0 Å². The summed E-state index contributed by atoms with van der Waals surface area (Å²) in [7, 11) is 0. The van der Waals surface area contributed by atoms with Gasteiger partial charge in [0.2, 0.25) is 0 Å². The lowest BCUT2D eigenvalue weighted by Gasteiger charge is -2.32. The Morgan fingerprint density at radius 1 is 1.38 bits per heavy atom. The average molecular weight is 292 g/mol. The molecule has 0 aromatic heterocycles. The first-order valence-electron chi connectivity index (χ1n) is 7.59. The minimum Gasteiger partial charge on any atom is -0.445 e. The van der Waals surface area contributed by atoms with Crippen molar-refractivity contribution < 1.29 is 14.3 Å². The summed E-state index contributed by atoms with van der Waals surface area (Å²) >= 11 is 0. The summed E-state index contributed by atoms with van der Waals surface area (Å²) in [5, 5.41) is 6.21. The van der Waals surface area contributed by atoms with E-state index < -0.39 is 0 Å². The van der Waals surface area contributed by atoms with Crippen LogP contribution in [0.2, 0.25) is 0 Å². The molecule has 5 heteroatoms. The molecule has 1 saturated heterocycles. The molecule has 0 saturated carbocycles. The number of ether oxygens (including phenoxy) is 2. The van der Waals surface area contributed by atoms with Gasteiger partial charge >= 0.3 is 6.09 Å². The fourth-order valence-electron chi connectivity index (χ4n) is 2.36. The Kier molecular flexibility index (Phi) is 6.50. The summed E-state index contributed by atoms with van der Waals surface area (Å²) in [4.78, 5) is 11.9. The van der Waals surface area contributed by atoms with Gasteiger partial charge in [-0.2, -0.15) is 0 Å². The number of benzene rings is 1. The number of piperidine rings is 1. The highest BCUT2D eigenvalue weighted by atomic mass is 16.5. The number of carbonyl (C=O) groups excluding carboxylic acids is 1. The van der Waals surface area contributed by atoms with E-state index in [-0.39, 0.29) is 24.8 Å². The molecule has 1 fully saturated rings. The summed E-state index contributed by atoms with van der Waals surface area (Å²) in [5.41, 5.74) is 0.983. The Hall–Kier alpha value is -1.59. The molecule has 0 aliphatic carbocycles. The second-order valence-corrected chi connectivity index (χ2v) is 5.21. The van der Waals surface area contributed by atoms with E-state index in [1.54, 1.807) is 0 Å². The Bertz CT molecular complexity index is 425. The maximum atomic E-state index is 11.9. The molecule has 1 heterocycles. The highest BCUT2D eigenvalue weighted by molar-refractivity contribution is 5.67. The number of hydrogen-bond acceptors (Lipinski definition) is 4. The van der Waals surface area contributed by atoms with Crippen molar-refractivity contribution in [3.05, 3.63) is 35.9 Å². The van der Waals surface area contributed by atoms with E-state index in [2.05, 4.69) is 17.6 Å². The molecule has 1 amide bonds. The van der Waals surface area contributed by atoms with Crippen LogP contribution in [0.4, 0.5) is 4.79 Å². The van der Waals surface area contributed by atoms with Crippen molar-refractivity contribution in [2.45, 2.75) is 38.5 Å². The van der Waals surface area contributed by atoms with Crippen molar-refractivity contribution >= 4 is 6.09 Å². The molecule has 2 rings (SSSR count). The Morgan fingerprint density at radius 2 is 2.19 bits per heavy atom. The highest BCUT2D eigenvalue weighted by Gasteiger charge is 2.27. The number of nitrogens with one attached hydrogen (secondary N) is 2. The third kappa shape index (κ3) is 5.36. The van der Waals surface area contributed by atoms with Crippen molar-refractivity contribution in [3.8, 4) is 0 Å². The topological polar surface area (TPSA) is 59.6 Å². The van der Waals surface area contributed by atoms with Gasteiger partial charge in [0.05, 0.1) is 12.1 Å². The van der Waals surface area contributed by atoms with Crippen LogP contribution in [0.5, 0.6) is 0 Å². The smallest absolute Gasteiger partial charge is 0.407 e. The SMILES string of the molecule is CCCO[C@H]1CNCC[C@H]1NC(=O)OCc1ccccc1. The Morgan fingerprint density at radius 3 is 2.95 bits per heavy atom. The molecule has 0 bridgehead atoms. The minimum atomic E-state index is -0.379. The van der Waals surface area contributed by atoms with Crippen LogP contribution in [-0.2, 0) is 16.1 Å². The predicted molar refractivity (Wildman–Crippen MR) is 81.1 cm³/mol. The maximum Gasteiger partial charge on any atom is 0.407 e. The van der Waals surface area contributed by atoms with Crippen LogP contribution in [-0.4, -0.2) is 37.9 Å². The van der Waals surface area contributed by atoms with Gasteiger partial charge in [0, 0.05) is 13.2 Å². The first kappa shape index (κ1) is 15.8. The fraction of sp³-hybridized carbons (Fsp3) is 0.562. The van der Waals surface area contributed by atoms with Gasteiger partial charge in [-0.15, -0.1) is 0 Å². The van der Waals surface area contributed by atoms with E-state index in [0.717, 1.165) is 31.5 Å². The van der Waals surface area contributed by atoms with Gasteiger partial charge < -0.3 is 20.1 Å². The number of amides is 1. The Labute approximate surface area is 126 Å². The van der Waals surface area contributed by atoms with Gasteiger partial charge in [-0.25, -0.2) is 4.79 Å². The number of hydrogen-bond donors (Lipinski definition) is 2. The summed E-state index contributed by atoms with van der Waals surface area (Å²) < 4.78 is 11.0. The zero-order valence-electron chi connectivity index (χ0n) is 12.5. The van der Waals surface area contributed by atoms with Crippen LogP contribution in [0.15, 0.2) is 30.3 Å². The summed E-state index contributed by atoms with van der Waals surface area (Å²) in [6.45, 7) is 4.73. The summed E-state index contributed by atoms with van der Waals surface area (Å²) in [5.74, 6) is 0. The highest BCUT2D eigenvalue weighted by Crippen LogP contribution is 2.09. The maximum absolute atomic E-state index is 11.9. The first-order valence-corrected chi connectivity index (χ1v) is 7.59. The van der Waals surface area contributed by atoms with Crippen molar-refractivity contribution in [2.24, 2.45) is 0 Å². The van der Waals surface area contributed by atoms with Crippen molar-refractivity contribution in [1.29, 1.82) is 0 Å². The molecule has 116 valence electrons. The van der Waals surface area contributed by atoms with E-state index in [0.29, 0.717) is 6.61 Å². The average Bonchev–Trinajstić information content (AvgIpc) is 2.53. The molecule has 21 heavy (non-hydrogen) atoms. The molecule has 2 atom stereocenters. The number of carbonyl (C=O) groups is 1. The molecule has 0 radical (unpaired) electrons. The van der Waals surface area contributed by atoms with Crippen LogP contribution in [0.3, 0.4) is 0 Å². The largest absolute Gasteiger partial charge is 0.445 e. The molecule has 1 aliphatic heterocycles. The summed E-state index contributed by atoms with van der Waals surface area (Å²) in [6, 6.07) is 9.68. The van der Waals surface area contributed by atoms with Crippen LogP contribution >= 0.6 is 0 Å². The van der Waals surface area contributed by atoms with E-state index >= 15 is 0 Å². The normalized spacial score (nSPS) is 21.8. The minimum absolute atomic E-state index is 0.0149. The van der Waals surface area contributed by atoms with Crippen molar-refractivity contribution in [1.82, 2.24) is 10.6 Å². The van der Waals surface area contributed by atoms with Crippen molar-refractivity contribution in [2.75, 3.05) is 19.7 Å². The van der Waals surface area contributed by atoms with Crippen LogP contribution < -0.4 is 10.6 Å². The summed E-state index contributed by atoms with van der Waals surface area (Å²) in [6.07, 6.45) is 1.47. The van der Waals surface area contributed by atoms with Gasteiger partial charge in [-0.3, -0.25) is 0 Å². The zero-order valence-corrected chi connectivity index (χ0v) is 12.5. The monoisotopic (exact) mass is 292 g/mol. The van der Waals surface area contributed by atoms with Gasteiger partial charge in [-0.1, -0.05) is 37.3 Å². The predicted octanol–water partition coefficient (Wildman–Crippen LogP) is 2.07. The van der Waals surface area contributed by atoms with E-state index in [1.165, 1.54) is 0 Å². The lowest BCUT2D eigenvalue weighted by molar-refractivity contribution is 0.0129. The van der Waals surface area contributed by atoms with Crippen LogP contribution in [0.1, 0.15) is 25.3 Å². The third-order valence-corrected chi connectivity index (χ3v) is 3.48. The molecule has 5 nitrogen and oxygen atoms in total. The fourth-order valence-corrected chi connectivity index (χ4v) is 2.36. The van der Waals surface area contributed by atoms with E-state index in [4.69, 9.17) is 9.47 Å². The van der Waals surface area contributed by atoms with Crippen LogP contribution in [0, 0.1) is 0 Å². The van der Waals surface area contributed by atoms with Gasteiger partial charge in [0.25, 0.3) is 0 Å². The third-order valence-electron chi connectivity index (χ3n) is 3.48. The quantitative estimate of drug-likeness (QED) is 0.842. The molecule has 0 spiro atoms.